The number of benzene rings is 1. The Morgan fingerprint density at radius 2 is 1.95 bits per heavy atom. The Hall–Kier alpha value is -0.920. The molecule has 0 radical (unpaired) electrons. The van der Waals surface area contributed by atoms with E-state index in [1.54, 1.807) is 30.5 Å². The van der Waals surface area contributed by atoms with E-state index in [4.69, 9.17) is 0 Å². The van der Waals surface area contributed by atoms with Crippen molar-refractivity contribution in [1.82, 2.24) is 4.98 Å². The zero-order valence-corrected chi connectivity index (χ0v) is 13.9. The highest BCUT2D eigenvalue weighted by Gasteiger charge is 2.19. The zero-order valence-electron chi connectivity index (χ0n) is 9.89. The van der Waals surface area contributed by atoms with Gasteiger partial charge in [-0.3, -0.25) is 9.71 Å². The molecule has 2 aromatic rings. The van der Waals surface area contributed by atoms with Gasteiger partial charge in [0.1, 0.15) is 4.90 Å². The monoisotopic (exact) mass is 404 g/mol. The van der Waals surface area contributed by atoms with Crippen LogP contribution in [0.4, 0.5) is 5.69 Å². The van der Waals surface area contributed by atoms with E-state index in [-0.39, 0.29) is 4.90 Å². The van der Waals surface area contributed by atoms with Crippen LogP contribution in [0.1, 0.15) is 5.56 Å². The Labute approximate surface area is 128 Å². The Balaban J connectivity index is 2.43. The summed E-state index contributed by atoms with van der Waals surface area (Å²) in [4.78, 5) is 4.04. The molecule has 0 bridgehead atoms. The maximum Gasteiger partial charge on any atom is 0.263 e. The number of aryl methyl sites for hydroxylation is 1. The van der Waals surface area contributed by atoms with E-state index in [9.17, 15) is 8.42 Å². The van der Waals surface area contributed by atoms with Gasteiger partial charge in [0, 0.05) is 15.1 Å². The summed E-state index contributed by atoms with van der Waals surface area (Å²) < 4.78 is 28.3. The number of hydrogen-bond acceptors (Lipinski definition) is 3. The number of halogens is 2. The molecular weight excluding hydrogens is 396 g/mol. The van der Waals surface area contributed by atoms with Crippen molar-refractivity contribution in [1.29, 1.82) is 0 Å². The molecule has 7 heteroatoms. The third-order valence-electron chi connectivity index (χ3n) is 2.42. The van der Waals surface area contributed by atoms with Crippen molar-refractivity contribution in [3.8, 4) is 0 Å². The van der Waals surface area contributed by atoms with Gasteiger partial charge in [0.2, 0.25) is 0 Å². The Morgan fingerprint density at radius 3 is 2.58 bits per heavy atom. The van der Waals surface area contributed by atoms with Gasteiger partial charge in [-0.2, -0.15) is 0 Å². The van der Waals surface area contributed by atoms with E-state index < -0.39 is 10.0 Å². The van der Waals surface area contributed by atoms with Crippen molar-refractivity contribution in [2.24, 2.45) is 0 Å². The van der Waals surface area contributed by atoms with E-state index in [0.29, 0.717) is 10.2 Å². The number of pyridine rings is 1. The van der Waals surface area contributed by atoms with Gasteiger partial charge in [-0.05, 0) is 52.7 Å². The fourth-order valence-electron chi connectivity index (χ4n) is 1.47. The number of nitrogens with zero attached hydrogens (tertiary/aromatic N) is 1. The molecular formula is C12H10Br2N2O2S. The largest absolute Gasteiger partial charge is 0.278 e. The van der Waals surface area contributed by atoms with Crippen LogP contribution in [0.15, 0.2) is 50.5 Å². The predicted octanol–water partition coefficient (Wildman–Crippen LogP) is 3.72. The Morgan fingerprint density at radius 1 is 1.21 bits per heavy atom. The maximum absolute atomic E-state index is 12.3. The molecule has 1 N–H and O–H groups in total. The lowest BCUT2D eigenvalue weighted by atomic mass is 10.2. The molecule has 1 aromatic heterocycles. The number of anilines is 1. The molecule has 0 fully saturated rings. The average Bonchev–Trinajstić information content (AvgIpc) is 2.34. The lowest BCUT2D eigenvalue weighted by Gasteiger charge is -2.11. The Bertz CT molecular complexity index is 703. The van der Waals surface area contributed by atoms with Crippen LogP contribution in [-0.2, 0) is 10.0 Å². The van der Waals surface area contributed by atoms with E-state index in [1.807, 2.05) is 6.92 Å². The highest BCUT2D eigenvalue weighted by Crippen LogP contribution is 2.29. The van der Waals surface area contributed by atoms with Gasteiger partial charge in [0.05, 0.1) is 11.9 Å². The van der Waals surface area contributed by atoms with Crippen molar-refractivity contribution in [3.63, 3.8) is 0 Å². The summed E-state index contributed by atoms with van der Waals surface area (Å²) in [5.74, 6) is 0. The van der Waals surface area contributed by atoms with Gasteiger partial charge in [-0.15, -0.1) is 0 Å². The Kier molecular flexibility index (Phi) is 4.27. The van der Waals surface area contributed by atoms with E-state index >= 15 is 0 Å². The summed E-state index contributed by atoms with van der Waals surface area (Å²) >= 11 is 6.61. The van der Waals surface area contributed by atoms with Crippen LogP contribution in [0.2, 0.25) is 0 Å². The summed E-state index contributed by atoms with van der Waals surface area (Å²) in [5, 5.41) is 0. The molecule has 0 aliphatic rings. The molecule has 4 nitrogen and oxygen atoms in total. The number of sulfonamides is 1. The molecule has 19 heavy (non-hydrogen) atoms. The van der Waals surface area contributed by atoms with Crippen molar-refractivity contribution in [2.75, 3.05) is 4.72 Å². The summed E-state index contributed by atoms with van der Waals surface area (Å²) in [6.07, 6.45) is 3.03. The van der Waals surface area contributed by atoms with Crippen LogP contribution in [0.3, 0.4) is 0 Å². The van der Waals surface area contributed by atoms with Crippen molar-refractivity contribution in [3.05, 3.63) is 51.2 Å². The standard InChI is InChI=1S/C12H10Br2N2O2S/c1-8-5-11(14)12(6-10(8)13)19(17,18)16-9-3-2-4-15-7-9/h2-7,16H,1H3. The summed E-state index contributed by atoms with van der Waals surface area (Å²) in [7, 11) is -3.65. The van der Waals surface area contributed by atoms with Gasteiger partial charge >= 0.3 is 0 Å². The molecule has 0 atom stereocenters. The smallest absolute Gasteiger partial charge is 0.263 e. The molecule has 100 valence electrons. The van der Waals surface area contributed by atoms with Gasteiger partial charge in [-0.25, -0.2) is 8.42 Å². The first-order valence-corrected chi connectivity index (χ1v) is 8.35. The van der Waals surface area contributed by atoms with Crippen LogP contribution in [0.25, 0.3) is 0 Å². The third kappa shape index (κ3) is 3.34. The fourth-order valence-corrected chi connectivity index (χ4v) is 4.19. The number of hydrogen-bond donors (Lipinski definition) is 1. The normalized spacial score (nSPS) is 11.3. The first kappa shape index (κ1) is 14.5. The first-order valence-electron chi connectivity index (χ1n) is 5.28. The zero-order chi connectivity index (χ0) is 14.0. The van der Waals surface area contributed by atoms with Crippen molar-refractivity contribution >= 4 is 47.6 Å². The van der Waals surface area contributed by atoms with Crippen LogP contribution in [0.5, 0.6) is 0 Å². The van der Waals surface area contributed by atoms with E-state index in [0.717, 1.165) is 10.0 Å². The molecule has 0 spiro atoms. The maximum atomic E-state index is 12.3. The lowest BCUT2D eigenvalue weighted by Crippen LogP contribution is -2.13. The third-order valence-corrected chi connectivity index (χ3v) is 5.61. The molecule has 1 aromatic carbocycles. The second-order valence-corrected chi connectivity index (χ2v) is 7.24. The fraction of sp³-hybridized carbons (Fsp3) is 0.0833. The van der Waals surface area contributed by atoms with Crippen LogP contribution < -0.4 is 4.72 Å². The number of rotatable bonds is 3. The summed E-state index contributed by atoms with van der Waals surface area (Å²) in [5.41, 5.74) is 1.37. The first-order chi connectivity index (χ1) is 8.90. The quantitative estimate of drug-likeness (QED) is 0.846. The molecule has 2 rings (SSSR count). The molecule has 0 aliphatic carbocycles. The van der Waals surface area contributed by atoms with Crippen LogP contribution in [0, 0.1) is 6.92 Å². The van der Waals surface area contributed by atoms with Crippen molar-refractivity contribution < 1.29 is 8.42 Å². The van der Waals surface area contributed by atoms with Crippen molar-refractivity contribution in [2.45, 2.75) is 11.8 Å². The SMILES string of the molecule is Cc1cc(Br)c(S(=O)(=O)Nc2cccnc2)cc1Br. The van der Waals surface area contributed by atoms with E-state index in [2.05, 4.69) is 41.6 Å². The predicted molar refractivity (Wildman–Crippen MR) is 81.6 cm³/mol. The second kappa shape index (κ2) is 5.60. The highest BCUT2D eigenvalue weighted by molar-refractivity contribution is 9.11. The molecule has 1 heterocycles. The van der Waals surface area contributed by atoms with Crippen LogP contribution >= 0.6 is 31.9 Å². The molecule has 0 unspecified atom stereocenters. The minimum atomic E-state index is -3.65. The van der Waals surface area contributed by atoms with Gasteiger partial charge < -0.3 is 0 Å². The molecule has 0 saturated heterocycles. The minimum absolute atomic E-state index is 0.175. The highest BCUT2D eigenvalue weighted by atomic mass is 79.9. The summed E-state index contributed by atoms with van der Waals surface area (Å²) in [6.45, 7) is 1.89. The molecule has 0 aliphatic heterocycles. The number of aromatic nitrogens is 1. The molecule has 0 amide bonds. The van der Waals surface area contributed by atoms with Gasteiger partial charge in [0.25, 0.3) is 10.0 Å². The lowest BCUT2D eigenvalue weighted by molar-refractivity contribution is 0.600. The topological polar surface area (TPSA) is 59.1 Å². The second-order valence-electron chi connectivity index (χ2n) is 3.88. The van der Waals surface area contributed by atoms with Gasteiger partial charge in [-0.1, -0.05) is 15.9 Å². The van der Waals surface area contributed by atoms with Crippen LogP contribution in [-0.4, -0.2) is 13.4 Å². The average molecular weight is 406 g/mol. The van der Waals surface area contributed by atoms with E-state index in [1.165, 1.54) is 6.20 Å². The number of nitrogens with one attached hydrogen (secondary N) is 1. The minimum Gasteiger partial charge on any atom is -0.278 e. The molecule has 0 saturated carbocycles. The summed E-state index contributed by atoms with van der Waals surface area (Å²) in [6, 6.07) is 6.62. The van der Waals surface area contributed by atoms with Gasteiger partial charge in [0.15, 0.2) is 0 Å².